The first-order chi connectivity index (χ1) is 9.30. The quantitative estimate of drug-likeness (QED) is 0.800. The Morgan fingerprint density at radius 2 is 1.80 bits per heavy atom. The number of benzene rings is 1. The van der Waals surface area contributed by atoms with Crippen LogP contribution in [0, 0.1) is 5.82 Å². The number of aryl methyl sites for hydroxylation is 1. The van der Waals surface area contributed by atoms with Gasteiger partial charge in [-0.05, 0) is 52.2 Å². The summed E-state index contributed by atoms with van der Waals surface area (Å²) in [7, 11) is -0.632. The van der Waals surface area contributed by atoms with Crippen LogP contribution in [0.25, 0.3) is 0 Å². The molecule has 1 saturated heterocycles. The summed E-state index contributed by atoms with van der Waals surface area (Å²) < 4.78 is 26.2. The van der Waals surface area contributed by atoms with E-state index < -0.39 is 18.3 Å². The third kappa shape index (κ3) is 2.13. The predicted octanol–water partition coefficient (Wildman–Crippen LogP) is 2.48. The summed E-state index contributed by atoms with van der Waals surface area (Å²) in [6.45, 7) is 8.81. The van der Waals surface area contributed by atoms with Crippen LogP contribution in [0.3, 0.4) is 0 Å². The molecule has 1 aromatic rings. The second-order valence-electron chi connectivity index (χ2n) is 6.65. The molecule has 0 aromatic heterocycles. The molecule has 2 aliphatic rings. The Balaban J connectivity index is 1.96. The predicted molar refractivity (Wildman–Crippen MR) is 78.9 cm³/mol. The summed E-state index contributed by atoms with van der Waals surface area (Å²) in [6, 6.07) is 3.45. The molecule has 0 unspecified atom stereocenters. The number of hydrogen-bond acceptors (Lipinski definition) is 3. The van der Waals surface area contributed by atoms with E-state index in [-0.39, 0.29) is 5.82 Å². The van der Waals surface area contributed by atoms with Gasteiger partial charge in [0.15, 0.2) is 0 Å². The van der Waals surface area contributed by atoms with Crippen LogP contribution in [0.15, 0.2) is 12.1 Å². The van der Waals surface area contributed by atoms with Gasteiger partial charge < -0.3 is 14.6 Å². The highest BCUT2D eigenvalue weighted by molar-refractivity contribution is 6.62. The van der Waals surface area contributed by atoms with E-state index in [9.17, 15) is 4.39 Å². The van der Waals surface area contributed by atoms with Gasteiger partial charge in [-0.25, -0.2) is 4.39 Å². The van der Waals surface area contributed by atoms with Crippen molar-refractivity contribution in [3.63, 3.8) is 0 Å². The summed E-state index contributed by atoms with van der Waals surface area (Å²) in [6.07, 6.45) is 2.04. The van der Waals surface area contributed by atoms with Gasteiger partial charge in [-0.3, -0.25) is 0 Å². The number of nitrogens with one attached hydrogen (secondary N) is 1. The van der Waals surface area contributed by atoms with Crippen LogP contribution >= 0.6 is 0 Å². The molecule has 0 spiro atoms. The van der Waals surface area contributed by atoms with Gasteiger partial charge in [-0.15, -0.1) is 0 Å². The molecule has 3 nitrogen and oxygen atoms in total. The third-order valence-corrected chi connectivity index (χ3v) is 4.67. The van der Waals surface area contributed by atoms with Gasteiger partial charge in [0.05, 0.1) is 11.2 Å². The SMILES string of the molecule is CC1(C)OB(c2cc3c(cc2F)NCCC3)OC1(C)C. The molecule has 5 heteroatoms. The minimum Gasteiger partial charge on any atom is -0.399 e. The van der Waals surface area contributed by atoms with Crippen molar-refractivity contribution >= 4 is 18.3 Å². The lowest BCUT2D eigenvalue weighted by Crippen LogP contribution is -2.41. The molecule has 0 saturated carbocycles. The Bertz CT molecular complexity index is 529. The fraction of sp³-hybridized carbons (Fsp3) is 0.600. The summed E-state index contributed by atoms with van der Waals surface area (Å²) in [5.74, 6) is -0.267. The van der Waals surface area contributed by atoms with E-state index in [1.165, 1.54) is 0 Å². The Morgan fingerprint density at radius 3 is 2.45 bits per heavy atom. The monoisotopic (exact) mass is 277 g/mol. The molecule has 0 aliphatic carbocycles. The molecule has 0 amide bonds. The summed E-state index contributed by atoms with van der Waals surface area (Å²) in [5.41, 5.74) is 1.65. The number of halogens is 1. The molecule has 0 bridgehead atoms. The van der Waals surface area contributed by atoms with Crippen molar-refractivity contribution in [2.75, 3.05) is 11.9 Å². The lowest BCUT2D eigenvalue weighted by atomic mass is 9.77. The average molecular weight is 277 g/mol. The van der Waals surface area contributed by atoms with Crippen LogP contribution < -0.4 is 10.8 Å². The summed E-state index contributed by atoms with van der Waals surface area (Å²) >= 11 is 0. The fourth-order valence-electron chi connectivity index (χ4n) is 2.66. The Kier molecular flexibility index (Phi) is 3.10. The Labute approximate surface area is 120 Å². The van der Waals surface area contributed by atoms with Crippen molar-refractivity contribution < 1.29 is 13.7 Å². The van der Waals surface area contributed by atoms with Gasteiger partial charge in [0.25, 0.3) is 0 Å². The molecule has 20 heavy (non-hydrogen) atoms. The van der Waals surface area contributed by atoms with Crippen LogP contribution in [0.4, 0.5) is 10.1 Å². The van der Waals surface area contributed by atoms with Gasteiger partial charge in [0, 0.05) is 17.7 Å². The maximum Gasteiger partial charge on any atom is 0.497 e. The number of rotatable bonds is 1. The van der Waals surface area contributed by atoms with Crippen molar-refractivity contribution in [2.45, 2.75) is 51.7 Å². The highest BCUT2D eigenvalue weighted by Crippen LogP contribution is 2.37. The standard InChI is InChI=1S/C15H21BFNO2/c1-14(2)15(3,4)20-16(19-14)11-8-10-6-5-7-18-13(10)9-12(11)17/h8-9,18H,5-7H2,1-4H3. The van der Waals surface area contributed by atoms with Gasteiger partial charge in [0.2, 0.25) is 0 Å². The zero-order chi connectivity index (χ0) is 14.5. The molecule has 1 aromatic carbocycles. The molecule has 0 atom stereocenters. The molecule has 1 N–H and O–H groups in total. The van der Waals surface area contributed by atoms with Crippen molar-refractivity contribution in [2.24, 2.45) is 0 Å². The van der Waals surface area contributed by atoms with Gasteiger partial charge in [0.1, 0.15) is 5.82 Å². The molecule has 3 rings (SSSR count). The molecule has 0 radical (unpaired) electrons. The first kappa shape index (κ1) is 13.9. The van der Waals surface area contributed by atoms with Crippen LogP contribution in [0.1, 0.15) is 39.7 Å². The van der Waals surface area contributed by atoms with Crippen LogP contribution in [0.5, 0.6) is 0 Å². The lowest BCUT2D eigenvalue weighted by Gasteiger charge is -2.32. The van der Waals surface area contributed by atoms with E-state index in [4.69, 9.17) is 9.31 Å². The van der Waals surface area contributed by atoms with Crippen LogP contribution in [-0.4, -0.2) is 24.9 Å². The number of fused-ring (bicyclic) bond motifs is 1. The molecule has 108 valence electrons. The minimum atomic E-state index is -0.632. The molecule has 2 aliphatic heterocycles. The highest BCUT2D eigenvalue weighted by Gasteiger charge is 2.52. The first-order valence-corrected chi connectivity index (χ1v) is 7.22. The zero-order valence-electron chi connectivity index (χ0n) is 12.5. The second-order valence-corrected chi connectivity index (χ2v) is 6.65. The highest BCUT2D eigenvalue weighted by atomic mass is 19.1. The van der Waals surface area contributed by atoms with E-state index >= 15 is 0 Å². The van der Waals surface area contributed by atoms with E-state index in [1.54, 1.807) is 6.07 Å². The average Bonchev–Trinajstić information content (AvgIpc) is 2.57. The molecule has 2 heterocycles. The Morgan fingerprint density at radius 1 is 1.15 bits per heavy atom. The maximum absolute atomic E-state index is 14.3. The van der Waals surface area contributed by atoms with Crippen molar-refractivity contribution in [3.8, 4) is 0 Å². The van der Waals surface area contributed by atoms with E-state index in [0.29, 0.717) is 5.46 Å². The van der Waals surface area contributed by atoms with E-state index in [2.05, 4.69) is 5.32 Å². The first-order valence-electron chi connectivity index (χ1n) is 7.22. The largest absolute Gasteiger partial charge is 0.497 e. The maximum atomic E-state index is 14.3. The minimum absolute atomic E-state index is 0.267. The van der Waals surface area contributed by atoms with Crippen molar-refractivity contribution in [3.05, 3.63) is 23.5 Å². The topological polar surface area (TPSA) is 30.5 Å². The zero-order valence-corrected chi connectivity index (χ0v) is 12.5. The molecule has 1 fully saturated rings. The molecular weight excluding hydrogens is 256 g/mol. The summed E-state index contributed by atoms with van der Waals surface area (Å²) in [5, 5.41) is 3.23. The van der Waals surface area contributed by atoms with Gasteiger partial charge >= 0.3 is 7.12 Å². The lowest BCUT2D eigenvalue weighted by molar-refractivity contribution is 0.00578. The van der Waals surface area contributed by atoms with Crippen molar-refractivity contribution in [1.29, 1.82) is 0 Å². The van der Waals surface area contributed by atoms with Gasteiger partial charge in [-0.2, -0.15) is 0 Å². The van der Waals surface area contributed by atoms with Crippen LogP contribution in [-0.2, 0) is 15.7 Å². The van der Waals surface area contributed by atoms with Gasteiger partial charge in [-0.1, -0.05) is 6.07 Å². The fourth-order valence-corrected chi connectivity index (χ4v) is 2.66. The molecular formula is C15H21BFNO2. The summed E-state index contributed by atoms with van der Waals surface area (Å²) in [4.78, 5) is 0. The number of hydrogen-bond donors (Lipinski definition) is 1. The normalized spacial score (nSPS) is 23.4. The van der Waals surface area contributed by atoms with Crippen molar-refractivity contribution in [1.82, 2.24) is 0 Å². The smallest absolute Gasteiger partial charge is 0.399 e. The second kappa shape index (κ2) is 4.47. The van der Waals surface area contributed by atoms with Crippen LogP contribution in [0.2, 0.25) is 0 Å². The number of anilines is 1. The Hall–Kier alpha value is -1.07. The van der Waals surface area contributed by atoms with E-state index in [0.717, 1.165) is 30.6 Å². The van der Waals surface area contributed by atoms with E-state index in [1.807, 2.05) is 33.8 Å². The third-order valence-electron chi connectivity index (χ3n) is 4.67.